The number of fused-ring (bicyclic) bond motifs is 1. The van der Waals surface area contributed by atoms with Gasteiger partial charge in [0.2, 0.25) is 0 Å². The number of piperazine rings is 1. The molecule has 0 spiro atoms. The van der Waals surface area contributed by atoms with Crippen LogP contribution in [0.15, 0.2) is 53.3 Å². The van der Waals surface area contributed by atoms with Crippen molar-refractivity contribution >= 4 is 22.8 Å². The average Bonchev–Trinajstić information content (AvgIpc) is 2.93. The number of carbonyl (C=O) groups is 1. The first-order valence-electron chi connectivity index (χ1n) is 9.42. The van der Waals surface area contributed by atoms with E-state index in [0.717, 1.165) is 17.6 Å². The Kier molecular flexibility index (Phi) is 4.68. The molecule has 0 saturated carbocycles. The van der Waals surface area contributed by atoms with Crippen molar-refractivity contribution < 1.29 is 4.79 Å². The highest BCUT2D eigenvalue weighted by molar-refractivity contribution is 5.92. The molecular formula is C21H25N5O2. The number of hydrogen-bond donors (Lipinski definition) is 1. The van der Waals surface area contributed by atoms with Crippen molar-refractivity contribution in [2.24, 2.45) is 14.1 Å². The van der Waals surface area contributed by atoms with Crippen LogP contribution in [0, 0.1) is 0 Å². The maximum Gasteiger partial charge on any atom is 0.328 e. The Morgan fingerprint density at radius 1 is 0.964 bits per heavy atom. The van der Waals surface area contributed by atoms with Crippen LogP contribution in [0.4, 0.5) is 10.5 Å². The van der Waals surface area contributed by atoms with Crippen LogP contribution in [0.2, 0.25) is 0 Å². The van der Waals surface area contributed by atoms with E-state index >= 15 is 0 Å². The average molecular weight is 379 g/mol. The van der Waals surface area contributed by atoms with Crippen molar-refractivity contribution in [1.29, 1.82) is 0 Å². The first kappa shape index (κ1) is 18.3. The van der Waals surface area contributed by atoms with Crippen molar-refractivity contribution in [2.45, 2.75) is 6.04 Å². The van der Waals surface area contributed by atoms with Crippen LogP contribution in [-0.4, -0.2) is 51.6 Å². The second kappa shape index (κ2) is 7.16. The highest BCUT2D eigenvalue weighted by atomic mass is 16.2. The zero-order valence-electron chi connectivity index (χ0n) is 16.4. The predicted octanol–water partition coefficient (Wildman–Crippen LogP) is 2.40. The minimum atomic E-state index is -0.116. The maximum absolute atomic E-state index is 12.9. The molecule has 0 bridgehead atoms. The molecule has 1 aliphatic heterocycles. The normalized spacial score (nSPS) is 17.8. The summed E-state index contributed by atoms with van der Waals surface area (Å²) in [5.41, 5.74) is 3.46. The van der Waals surface area contributed by atoms with E-state index in [4.69, 9.17) is 0 Å². The fourth-order valence-corrected chi connectivity index (χ4v) is 3.88. The van der Waals surface area contributed by atoms with Crippen molar-refractivity contribution in [2.75, 3.05) is 32.0 Å². The fraction of sp³-hybridized carbons (Fsp3) is 0.333. The van der Waals surface area contributed by atoms with Gasteiger partial charge in [-0.1, -0.05) is 30.3 Å². The number of likely N-dealkylation sites (N-methyl/N-ethyl adjacent to an activating group) is 1. The number of anilines is 1. The van der Waals surface area contributed by atoms with Crippen LogP contribution in [0.5, 0.6) is 0 Å². The summed E-state index contributed by atoms with van der Waals surface area (Å²) in [6.45, 7) is 2.13. The number of rotatable bonds is 2. The molecule has 2 amide bonds. The molecule has 4 rings (SSSR count). The summed E-state index contributed by atoms with van der Waals surface area (Å²) in [4.78, 5) is 29.1. The van der Waals surface area contributed by atoms with Gasteiger partial charge in [-0.05, 0) is 30.8 Å². The van der Waals surface area contributed by atoms with Crippen LogP contribution in [0.1, 0.15) is 11.6 Å². The minimum absolute atomic E-state index is 0.0803. The molecule has 146 valence electrons. The molecule has 2 aromatic carbocycles. The quantitative estimate of drug-likeness (QED) is 0.744. The van der Waals surface area contributed by atoms with E-state index in [1.807, 2.05) is 41.3 Å². The Morgan fingerprint density at radius 2 is 1.68 bits per heavy atom. The first-order valence-corrected chi connectivity index (χ1v) is 9.42. The standard InChI is InChI=1S/C21H25N5O2/c1-23-11-12-26(14-19(23)15-7-5-4-6-8-15)20(27)22-16-9-10-17-18(13-16)25(3)21(28)24(17)2/h4-10,13,19H,11-12,14H2,1-3H3,(H,22,27)/t19-/m0/s1. The molecule has 7 nitrogen and oxygen atoms in total. The molecule has 0 aliphatic carbocycles. The zero-order chi connectivity index (χ0) is 19.8. The Labute approximate surface area is 163 Å². The molecule has 2 heterocycles. The smallest absolute Gasteiger partial charge is 0.321 e. The van der Waals surface area contributed by atoms with E-state index in [9.17, 15) is 9.59 Å². The third-order valence-corrected chi connectivity index (χ3v) is 5.64. The summed E-state index contributed by atoms with van der Waals surface area (Å²) in [6, 6.07) is 15.9. The molecule has 1 N–H and O–H groups in total. The van der Waals surface area contributed by atoms with Crippen LogP contribution in [-0.2, 0) is 14.1 Å². The molecule has 7 heteroatoms. The summed E-state index contributed by atoms with van der Waals surface area (Å²) in [5, 5.41) is 2.99. The van der Waals surface area contributed by atoms with Crippen LogP contribution >= 0.6 is 0 Å². The lowest BCUT2D eigenvalue weighted by Gasteiger charge is -2.39. The van der Waals surface area contributed by atoms with Gasteiger partial charge in [0.05, 0.1) is 17.1 Å². The first-order chi connectivity index (χ1) is 13.5. The molecule has 0 radical (unpaired) electrons. The number of aromatic nitrogens is 2. The zero-order valence-corrected chi connectivity index (χ0v) is 16.4. The molecular weight excluding hydrogens is 354 g/mol. The second-order valence-corrected chi connectivity index (χ2v) is 7.39. The van der Waals surface area contributed by atoms with Gasteiger partial charge in [0.1, 0.15) is 0 Å². The molecule has 1 aliphatic rings. The topological polar surface area (TPSA) is 62.5 Å². The van der Waals surface area contributed by atoms with Gasteiger partial charge in [-0.2, -0.15) is 0 Å². The molecule has 0 unspecified atom stereocenters. The Balaban J connectivity index is 1.53. The molecule has 1 atom stereocenters. The third-order valence-electron chi connectivity index (χ3n) is 5.64. The van der Waals surface area contributed by atoms with Gasteiger partial charge >= 0.3 is 11.7 Å². The van der Waals surface area contributed by atoms with Gasteiger partial charge in [0.15, 0.2) is 0 Å². The molecule has 1 fully saturated rings. The van der Waals surface area contributed by atoms with Gasteiger partial charge in [0.25, 0.3) is 0 Å². The lowest BCUT2D eigenvalue weighted by atomic mass is 10.0. The molecule has 3 aromatic rings. The van der Waals surface area contributed by atoms with Gasteiger partial charge in [-0.25, -0.2) is 9.59 Å². The van der Waals surface area contributed by atoms with Gasteiger partial charge in [0, 0.05) is 39.4 Å². The summed E-state index contributed by atoms with van der Waals surface area (Å²) in [5.74, 6) is 0. The lowest BCUT2D eigenvalue weighted by molar-refractivity contribution is 0.116. The Bertz CT molecular complexity index is 1070. The third kappa shape index (κ3) is 3.18. The largest absolute Gasteiger partial charge is 0.328 e. The van der Waals surface area contributed by atoms with Crippen LogP contribution in [0.25, 0.3) is 11.0 Å². The Hall–Kier alpha value is -3.06. The maximum atomic E-state index is 12.9. The van der Waals surface area contributed by atoms with Crippen molar-refractivity contribution in [1.82, 2.24) is 18.9 Å². The highest BCUT2D eigenvalue weighted by Gasteiger charge is 2.28. The summed E-state index contributed by atoms with van der Waals surface area (Å²) in [6.07, 6.45) is 0. The molecule has 1 aromatic heterocycles. The number of hydrogen-bond acceptors (Lipinski definition) is 3. The number of nitrogens with one attached hydrogen (secondary N) is 1. The van der Waals surface area contributed by atoms with E-state index in [1.165, 1.54) is 5.56 Å². The van der Waals surface area contributed by atoms with Gasteiger partial charge in [-0.3, -0.25) is 14.0 Å². The molecule has 1 saturated heterocycles. The van der Waals surface area contributed by atoms with E-state index in [1.54, 1.807) is 23.2 Å². The van der Waals surface area contributed by atoms with Crippen LogP contribution < -0.4 is 11.0 Å². The fourth-order valence-electron chi connectivity index (χ4n) is 3.88. The van der Waals surface area contributed by atoms with E-state index in [2.05, 4.69) is 29.4 Å². The predicted molar refractivity (Wildman–Crippen MR) is 111 cm³/mol. The minimum Gasteiger partial charge on any atom is -0.321 e. The number of aryl methyl sites for hydroxylation is 2. The van der Waals surface area contributed by atoms with Crippen molar-refractivity contribution in [3.8, 4) is 0 Å². The number of imidazole rings is 1. The number of carbonyl (C=O) groups excluding carboxylic acids is 1. The van der Waals surface area contributed by atoms with E-state index < -0.39 is 0 Å². The molecule has 28 heavy (non-hydrogen) atoms. The van der Waals surface area contributed by atoms with Crippen molar-refractivity contribution in [3.05, 3.63) is 64.6 Å². The lowest BCUT2D eigenvalue weighted by Crippen LogP contribution is -2.50. The number of amides is 2. The number of nitrogens with zero attached hydrogens (tertiary/aromatic N) is 4. The number of urea groups is 1. The highest BCUT2D eigenvalue weighted by Crippen LogP contribution is 2.25. The summed E-state index contributed by atoms with van der Waals surface area (Å²) >= 11 is 0. The van der Waals surface area contributed by atoms with Gasteiger partial charge < -0.3 is 10.2 Å². The SMILES string of the molecule is CN1CCN(C(=O)Nc2ccc3c(c2)n(C)c(=O)n3C)C[C@H]1c1ccccc1. The monoisotopic (exact) mass is 379 g/mol. The van der Waals surface area contributed by atoms with E-state index in [0.29, 0.717) is 18.8 Å². The summed E-state index contributed by atoms with van der Waals surface area (Å²) in [7, 11) is 5.58. The number of benzene rings is 2. The summed E-state index contributed by atoms with van der Waals surface area (Å²) < 4.78 is 3.19. The van der Waals surface area contributed by atoms with E-state index in [-0.39, 0.29) is 17.8 Å². The second-order valence-electron chi connectivity index (χ2n) is 7.39. The van der Waals surface area contributed by atoms with Crippen LogP contribution in [0.3, 0.4) is 0 Å². The Morgan fingerprint density at radius 3 is 2.43 bits per heavy atom. The van der Waals surface area contributed by atoms with Gasteiger partial charge in [-0.15, -0.1) is 0 Å². The van der Waals surface area contributed by atoms with Crippen molar-refractivity contribution in [3.63, 3.8) is 0 Å².